The van der Waals surface area contributed by atoms with Gasteiger partial charge < -0.3 is 11.1 Å². The maximum atomic E-state index is 12.1. The van der Waals surface area contributed by atoms with E-state index in [2.05, 4.69) is 5.32 Å². The Hall–Kier alpha value is -1.14. The number of likely N-dealkylation sites (N-methyl/N-ethyl adjacent to an activating group) is 1. The van der Waals surface area contributed by atoms with Gasteiger partial charge in [-0.3, -0.25) is 14.6 Å². The van der Waals surface area contributed by atoms with Crippen LogP contribution in [0, 0.1) is 0 Å². The van der Waals surface area contributed by atoms with E-state index in [4.69, 9.17) is 5.73 Å². The standard InChI is InChI=1S/C10H18N4O2/c1-12-7-4-6-13-5-2-3-8(9(11)15)14(13)10(7)16/h7-8,12H,2-6H2,1H3,(H2,11,15). The molecule has 6 heteroatoms. The lowest BCUT2D eigenvalue weighted by molar-refractivity contribution is -0.176. The minimum atomic E-state index is -0.461. The molecule has 0 bridgehead atoms. The van der Waals surface area contributed by atoms with E-state index in [0.29, 0.717) is 6.42 Å². The van der Waals surface area contributed by atoms with Gasteiger partial charge in [-0.15, -0.1) is 0 Å². The number of fused-ring (bicyclic) bond motifs is 1. The molecule has 6 nitrogen and oxygen atoms in total. The summed E-state index contributed by atoms with van der Waals surface area (Å²) in [5.41, 5.74) is 5.34. The number of hydrogen-bond donors (Lipinski definition) is 2. The van der Waals surface area contributed by atoms with E-state index in [-0.39, 0.29) is 11.9 Å². The number of nitrogens with two attached hydrogens (primary N) is 1. The lowest BCUT2D eigenvalue weighted by atomic mass is 10.0. The summed E-state index contributed by atoms with van der Waals surface area (Å²) in [5.74, 6) is -0.438. The summed E-state index contributed by atoms with van der Waals surface area (Å²) in [5, 5.41) is 6.50. The summed E-state index contributed by atoms with van der Waals surface area (Å²) >= 11 is 0. The van der Waals surface area contributed by atoms with E-state index in [1.165, 1.54) is 0 Å². The lowest BCUT2D eigenvalue weighted by Crippen LogP contribution is -2.66. The number of nitrogens with zero attached hydrogens (tertiary/aromatic N) is 2. The molecule has 2 saturated heterocycles. The molecule has 2 unspecified atom stereocenters. The molecule has 16 heavy (non-hydrogen) atoms. The van der Waals surface area contributed by atoms with Gasteiger partial charge in [-0.2, -0.15) is 0 Å². The Bertz CT molecular complexity index is 307. The Morgan fingerprint density at radius 1 is 1.44 bits per heavy atom. The highest BCUT2D eigenvalue weighted by Crippen LogP contribution is 2.23. The number of amides is 2. The van der Waals surface area contributed by atoms with Crippen LogP contribution >= 0.6 is 0 Å². The van der Waals surface area contributed by atoms with Crippen molar-refractivity contribution in [1.82, 2.24) is 15.3 Å². The third-order valence-electron chi connectivity index (χ3n) is 3.37. The van der Waals surface area contributed by atoms with Gasteiger partial charge in [0.1, 0.15) is 6.04 Å². The maximum absolute atomic E-state index is 12.1. The summed E-state index contributed by atoms with van der Waals surface area (Å²) in [6.45, 7) is 1.65. The molecule has 2 atom stereocenters. The average molecular weight is 226 g/mol. The van der Waals surface area contributed by atoms with Crippen LogP contribution in [0.2, 0.25) is 0 Å². The fraction of sp³-hybridized carbons (Fsp3) is 0.800. The van der Waals surface area contributed by atoms with Crippen molar-refractivity contribution in [2.45, 2.75) is 31.3 Å². The number of nitrogens with one attached hydrogen (secondary N) is 1. The number of carbonyl (C=O) groups is 2. The van der Waals surface area contributed by atoms with Crippen LogP contribution in [0.25, 0.3) is 0 Å². The molecule has 0 saturated carbocycles. The molecular weight excluding hydrogens is 208 g/mol. The zero-order chi connectivity index (χ0) is 11.7. The van der Waals surface area contributed by atoms with Gasteiger partial charge in [0.25, 0.3) is 5.91 Å². The first-order valence-electron chi connectivity index (χ1n) is 5.69. The van der Waals surface area contributed by atoms with Crippen molar-refractivity contribution in [3.63, 3.8) is 0 Å². The largest absolute Gasteiger partial charge is 0.368 e. The summed E-state index contributed by atoms with van der Waals surface area (Å²) in [7, 11) is 1.77. The average Bonchev–Trinajstić information content (AvgIpc) is 2.29. The summed E-state index contributed by atoms with van der Waals surface area (Å²) in [6, 6.07) is -0.645. The van der Waals surface area contributed by atoms with Gasteiger partial charge in [0.05, 0.1) is 6.04 Å². The SMILES string of the molecule is CNC1CCN2CCCC(C(N)=O)N2C1=O. The van der Waals surface area contributed by atoms with Gasteiger partial charge in [-0.05, 0) is 26.3 Å². The predicted octanol–water partition coefficient (Wildman–Crippen LogP) is -1.33. The molecule has 0 aromatic rings. The molecule has 0 spiro atoms. The van der Waals surface area contributed by atoms with Crippen molar-refractivity contribution in [1.29, 1.82) is 0 Å². The van der Waals surface area contributed by atoms with Gasteiger partial charge in [-0.1, -0.05) is 0 Å². The molecule has 0 aromatic carbocycles. The first kappa shape index (κ1) is 11.3. The third kappa shape index (κ3) is 1.78. The fourth-order valence-corrected chi connectivity index (χ4v) is 2.50. The van der Waals surface area contributed by atoms with Gasteiger partial charge in [0, 0.05) is 13.1 Å². The highest BCUT2D eigenvalue weighted by Gasteiger charge is 2.41. The Labute approximate surface area is 94.7 Å². The number of rotatable bonds is 2. The fourth-order valence-electron chi connectivity index (χ4n) is 2.50. The second-order valence-corrected chi connectivity index (χ2v) is 4.33. The quantitative estimate of drug-likeness (QED) is 0.611. The second kappa shape index (κ2) is 4.39. The smallest absolute Gasteiger partial charge is 0.254 e. The van der Waals surface area contributed by atoms with Crippen LogP contribution in [0.4, 0.5) is 0 Å². The Balaban J connectivity index is 2.20. The lowest BCUT2D eigenvalue weighted by Gasteiger charge is -2.47. The van der Waals surface area contributed by atoms with Gasteiger partial charge >= 0.3 is 0 Å². The zero-order valence-electron chi connectivity index (χ0n) is 9.48. The van der Waals surface area contributed by atoms with E-state index in [1.54, 1.807) is 12.1 Å². The number of hydrazine groups is 1. The first-order valence-corrected chi connectivity index (χ1v) is 5.69. The molecule has 2 amide bonds. The molecular formula is C10H18N4O2. The van der Waals surface area contributed by atoms with Crippen molar-refractivity contribution in [2.75, 3.05) is 20.1 Å². The molecule has 0 aromatic heterocycles. The minimum absolute atomic E-state index is 0.0303. The van der Waals surface area contributed by atoms with Gasteiger partial charge in [0.2, 0.25) is 5.91 Å². The summed E-state index contributed by atoms with van der Waals surface area (Å²) in [6.07, 6.45) is 2.38. The highest BCUT2D eigenvalue weighted by atomic mass is 16.2. The van der Waals surface area contributed by atoms with E-state index in [9.17, 15) is 9.59 Å². The molecule has 0 radical (unpaired) electrons. The molecule has 90 valence electrons. The monoisotopic (exact) mass is 226 g/mol. The van der Waals surface area contributed by atoms with Crippen molar-refractivity contribution >= 4 is 11.8 Å². The normalized spacial score (nSPS) is 31.3. The molecule has 0 aliphatic carbocycles. The molecule has 2 aliphatic heterocycles. The number of hydrogen-bond acceptors (Lipinski definition) is 4. The molecule has 2 rings (SSSR count). The van der Waals surface area contributed by atoms with E-state index in [1.807, 2.05) is 5.01 Å². The Morgan fingerprint density at radius 2 is 2.19 bits per heavy atom. The molecule has 2 fully saturated rings. The maximum Gasteiger partial charge on any atom is 0.254 e. The van der Waals surface area contributed by atoms with E-state index >= 15 is 0 Å². The second-order valence-electron chi connectivity index (χ2n) is 4.33. The molecule has 3 N–H and O–H groups in total. The van der Waals surface area contributed by atoms with Crippen molar-refractivity contribution in [3.05, 3.63) is 0 Å². The van der Waals surface area contributed by atoms with Crippen LogP contribution in [-0.4, -0.2) is 54.1 Å². The molecule has 2 heterocycles. The van der Waals surface area contributed by atoms with Gasteiger partial charge in [-0.25, -0.2) is 5.01 Å². The first-order chi connectivity index (χ1) is 7.65. The van der Waals surface area contributed by atoms with Crippen molar-refractivity contribution in [3.8, 4) is 0 Å². The van der Waals surface area contributed by atoms with Crippen LogP contribution in [0.5, 0.6) is 0 Å². The van der Waals surface area contributed by atoms with Crippen molar-refractivity contribution in [2.24, 2.45) is 5.73 Å². The van der Waals surface area contributed by atoms with Crippen LogP contribution in [0.1, 0.15) is 19.3 Å². The van der Waals surface area contributed by atoms with Crippen molar-refractivity contribution < 1.29 is 9.59 Å². The minimum Gasteiger partial charge on any atom is -0.368 e. The zero-order valence-corrected chi connectivity index (χ0v) is 9.48. The Morgan fingerprint density at radius 3 is 2.81 bits per heavy atom. The predicted molar refractivity (Wildman–Crippen MR) is 58.1 cm³/mol. The van der Waals surface area contributed by atoms with Crippen LogP contribution in [0.15, 0.2) is 0 Å². The third-order valence-corrected chi connectivity index (χ3v) is 3.37. The van der Waals surface area contributed by atoms with Crippen LogP contribution in [-0.2, 0) is 9.59 Å². The molecule has 2 aliphatic rings. The van der Waals surface area contributed by atoms with E-state index in [0.717, 1.165) is 25.9 Å². The van der Waals surface area contributed by atoms with Crippen LogP contribution in [0.3, 0.4) is 0 Å². The summed E-state index contributed by atoms with van der Waals surface area (Å²) in [4.78, 5) is 23.5. The Kier molecular flexibility index (Phi) is 3.11. The van der Waals surface area contributed by atoms with Gasteiger partial charge in [0.15, 0.2) is 0 Å². The highest BCUT2D eigenvalue weighted by molar-refractivity contribution is 5.89. The van der Waals surface area contributed by atoms with Crippen LogP contribution < -0.4 is 11.1 Å². The topological polar surface area (TPSA) is 78.7 Å². The number of primary amides is 1. The number of carbonyl (C=O) groups excluding carboxylic acids is 2. The summed E-state index contributed by atoms with van der Waals surface area (Å²) < 4.78 is 0. The van der Waals surface area contributed by atoms with E-state index < -0.39 is 11.9 Å².